The van der Waals surface area contributed by atoms with E-state index in [1.54, 1.807) is 12.4 Å². The molecule has 0 saturated carbocycles. The Kier molecular flexibility index (Phi) is 5.05. The molecule has 3 nitrogen and oxygen atoms in total. The summed E-state index contributed by atoms with van der Waals surface area (Å²) < 4.78 is 0. The van der Waals surface area contributed by atoms with Crippen molar-refractivity contribution >= 4 is 53.1 Å². The van der Waals surface area contributed by atoms with Gasteiger partial charge < -0.3 is 10.3 Å². The van der Waals surface area contributed by atoms with Crippen molar-refractivity contribution in [2.45, 2.75) is 0 Å². The van der Waals surface area contributed by atoms with Crippen molar-refractivity contribution < 1.29 is 0 Å². The third-order valence-corrected chi connectivity index (χ3v) is 2.08. The molecule has 2 aromatic heterocycles. The molecule has 2 heterocycles. The van der Waals surface area contributed by atoms with Crippen molar-refractivity contribution in [1.29, 1.82) is 0 Å². The molecule has 0 atom stereocenters. The number of H-pyrrole nitrogens is 1. The largest absolute Gasteiger partial charge is 0.387 e. The molecule has 0 aromatic carbocycles. The molecule has 0 unspecified atom stereocenters. The Morgan fingerprint density at radius 1 is 1.43 bits per heavy atom. The van der Waals surface area contributed by atoms with Crippen molar-refractivity contribution in [3.05, 3.63) is 23.5 Å². The lowest BCUT2D eigenvalue weighted by Gasteiger charge is -1.97. The molecule has 0 radical (unpaired) electrons. The van der Waals surface area contributed by atoms with Crippen molar-refractivity contribution in [1.82, 2.24) is 9.97 Å². The standard InChI is InChI=1S/C8H8ClN3.2ClH/c1-10-5-2-6-7(9)4-12-8(6)11-3-5;;/h2-4,10H,1H3,(H,11,12);2*1H. The molecule has 0 amide bonds. The molecule has 0 aliphatic rings. The summed E-state index contributed by atoms with van der Waals surface area (Å²) in [5, 5.41) is 4.65. The van der Waals surface area contributed by atoms with Crippen LogP contribution in [-0.4, -0.2) is 17.0 Å². The highest BCUT2D eigenvalue weighted by Gasteiger charge is 2.01. The lowest BCUT2D eigenvalue weighted by atomic mass is 10.3. The van der Waals surface area contributed by atoms with Gasteiger partial charge >= 0.3 is 0 Å². The molecule has 6 heteroatoms. The summed E-state index contributed by atoms with van der Waals surface area (Å²) >= 11 is 5.90. The number of rotatable bonds is 1. The molecular formula is C8H10Cl3N3. The molecule has 0 aliphatic heterocycles. The Hall–Kier alpha value is -0.640. The molecule has 2 N–H and O–H groups in total. The van der Waals surface area contributed by atoms with E-state index in [4.69, 9.17) is 11.6 Å². The minimum Gasteiger partial charge on any atom is -0.387 e. The van der Waals surface area contributed by atoms with E-state index < -0.39 is 0 Å². The minimum atomic E-state index is 0. The normalized spacial score (nSPS) is 9.00. The van der Waals surface area contributed by atoms with Gasteiger partial charge in [-0.2, -0.15) is 0 Å². The number of fused-ring (bicyclic) bond motifs is 1. The van der Waals surface area contributed by atoms with Crippen LogP contribution < -0.4 is 5.32 Å². The Balaban J connectivity index is 0.000000845. The van der Waals surface area contributed by atoms with Gasteiger partial charge in [0, 0.05) is 18.6 Å². The zero-order valence-electron chi connectivity index (χ0n) is 7.37. The molecular weight excluding hydrogens is 244 g/mol. The highest BCUT2D eigenvalue weighted by Crippen LogP contribution is 2.23. The van der Waals surface area contributed by atoms with E-state index in [9.17, 15) is 0 Å². The van der Waals surface area contributed by atoms with Crippen LogP contribution in [0.15, 0.2) is 18.5 Å². The SMILES string of the molecule is CNc1cnc2[nH]cc(Cl)c2c1.Cl.Cl. The van der Waals surface area contributed by atoms with Gasteiger partial charge in [0.15, 0.2) is 0 Å². The van der Waals surface area contributed by atoms with Crippen LogP contribution in [0.1, 0.15) is 0 Å². The maximum Gasteiger partial charge on any atom is 0.138 e. The maximum atomic E-state index is 5.90. The highest BCUT2D eigenvalue weighted by atomic mass is 35.5. The van der Waals surface area contributed by atoms with Gasteiger partial charge in [0.05, 0.1) is 16.9 Å². The van der Waals surface area contributed by atoms with Crippen LogP contribution in [0, 0.1) is 0 Å². The second-order valence-corrected chi connectivity index (χ2v) is 2.91. The number of aromatic amines is 1. The molecule has 0 saturated heterocycles. The van der Waals surface area contributed by atoms with E-state index in [0.29, 0.717) is 5.02 Å². The van der Waals surface area contributed by atoms with Crippen LogP contribution >= 0.6 is 36.4 Å². The molecule has 78 valence electrons. The van der Waals surface area contributed by atoms with Crippen LogP contribution in [0.3, 0.4) is 0 Å². The van der Waals surface area contributed by atoms with E-state index >= 15 is 0 Å². The Labute approximate surface area is 99.1 Å². The summed E-state index contributed by atoms with van der Waals surface area (Å²) in [6, 6.07) is 1.96. The van der Waals surface area contributed by atoms with Gasteiger partial charge in [0.1, 0.15) is 5.65 Å². The molecule has 0 bridgehead atoms. The lowest BCUT2D eigenvalue weighted by molar-refractivity contribution is 1.31. The molecule has 0 aliphatic carbocycles. The Bertz CT molecular complexity index is 413. The number of aromatic nitrogens is 2. The number of hydrogen-bond donors (Lipinski definition) is 2. The van der Waals surface area contributed by atoms with E-state index in [-0.39, 0.29) is 24.8 Å². The average molecular weight is 255 g/mol. The fraction of sp³-hybridized carbons (Fsp3) is 0.125. The third kappa shape index (κ3) is 2.23. The fourth-order valence-corrected chi connectivity index (χ4v) is 1.31. The minimum absolute atomic E-state index is 0. The van der Waals surface area contributed by atoms with Gasteiger partial charge in [-0.15, -0.1) is 24.8 Å². The quantitative estimate of drug-likeness (QED) is 0.821. The Morgan fingerprint density at radius 3 is 2.79 bits per heavy atom. The summed E-state index contributed by atoms with van der Waals surface area (Å²) in [7, 11) is 1.85. The van der Waals surface area contributed by atoms with Gasteiger partial charge in [-0.1, -0.05) is 11.6 Å². The third-order valence-electron chi connectivity index (χ3n) is 1.77. The number of nitrogens with zero attached hydrogens (tertiary/aromatic N) is 1. The topological polar surface area (TPSA) is 40.7 Å². The van der Waals surface area contributed by atoms with Gasteiger partial charge in [-0.3, -0.25) is 0 Å². The van der Waals surface area contributed by atoms with Gasteiger partial charge in [0.25, 0.3) is 0 Å². The van der Waals surface area contributed by atoms with Crippen LogP contribution in [0.4, 0.5) is 5.69 Å². The Morgan fingerprint density at radius 2 is 2.14 bits per heavy atom. The van der Waals surface area contributed by atoms with Gasteiger partial charge in [-0.05, 0) is 6.07 Å². The van der Waals surface area contributed by atoms with Crippen LogP contribution in [0.25, 0.3) is 11.0 Å². The number of anilines is 1. The molecule has 2 rings (SSSR count). The van der Waals surface area contributed by atoms with Crippen molar-refractivity contribution in [3.8, 4) is 0 Å². The highest BCUT2D eigenvalue weighted by molar-refractivity contribution is 6.35. The summed E-state index contributed by atoms with van der Waals surface area (Å²) in [5.74, 6) is 0. The van der Waals surface area contributed by atoms with E-state index in [1.807, 2.05) is 13.1 Å². The summed E-state index contributed by atoms with van der Waals surface area (Å²) in [5.41, 5.74) is 1.78. The molecule has 14 heavy (non-hydrogen) atoms. The first-order chi connectivity index (χ1) is 5.81. The van der Waals surface area contributed by atoms with Crippen molar-refractivity contribution in [3.63, 3.8) is 0 Å². The zero-order valence-corrected chi connectivity index (χ0v) is 9.76. The molecule has 2 aromatic rings. The first kappa shape index (κ1) is 13.4. The average Bonchev–Trinajstić information content (AvgIpc) is 2.47. The van der Waals surface area contributed by atoms with E-state index in [1.165, 1.54) is 0 Å². The van der Waals surface area contributed by atoms with Crippen LogP contribution in [0.2, 0.25) is 5.02 Å². The van der Waals surface area contributed by atoms with Crippen molar-refractivity contribution in [2.75, 3.05) is 12.4 Å². The zero-order chi connectivity index (χ0) is 8.55. The number of hydrogen-bond acceptors (Lipinski definition) is 2. The summed E-state index contributed by atoms with van der Waals surface area (Å²) in [6.07, 6.45) is 3.49. The monoisotopic (exact) mass is 253 g/mol. The van der Waals surface area contributed by atoms with Crippen LogP contribution in [0.5, 0.6) is 0 Å². The number of pyridine rings is 1. The maximum absolute atomic E-state index is 5.90. The molecule has 0 spiro atoms. The van der Waals surface area contributed by atoms with Crippen LogP contribution in [-0.2, 0) is 0 Å². The first-order valence-electron chi connectivity index (χ1n) is 3.61. The number of halogens is 3. The predicted octanol–water partition coefficient (Wildman–Crippen LogP) is 3.10. The smallest absolute Gasteiger partial charge is 0.138 e. The first-order valence-corrected chi connectivity index (χ1v) is 3.99. The lowest BCUT2D eigenvalue weighted by Crippen LogP contribution is -1.88. The van der Waals surface area contributed by atoms with E-state index in [0.717, 1.165) is 16.7 Å². The van der Waals surface area contributed by atoms with Gasteiger partial charge in [-0.25, -0.2) is 4.98 Å². The van der Waals surface area contributed by atoms with Crippen molar-refractivity contribution in [2.24, 2.45) is 0 Å². The second kappa shape index (κ2) is 5.29. The number of nitrogens with one attached hydrogen (secondary N) is 2. The predicted molar refractivity (Wildman–Crippen MR) is 65.1 cm³/mol. The molecule has 0 fully saturated rings. The fourth-order valence-electron chi connectivity index (χ4n) is 1.11. The van der Waals surface area contributed by atoms with Gasteiger partial charge in [0.2, 0.25) is 0 Å². The summed E-state index contributed by atoms with van der Waals surface area (Å²) in [6.45, 7) is 0. The summed E-state index contributed by atoms with van der Waals surface area (Å²) in [4.78, 5) is 7.14. The second-order valence-electron chi connectivity index (χ2n) is 2.51. The van der Waals surface area contributed by atoms with E-state index in [2.05, 4.69) is 15.3 Å².